The number of aliphatic imine (C=N–C) groups is 1. The zero-order chi connectivity index (χ0) is 29.0. The summed E-state index contributed by atoms with van der Waals surface area (Å²) in [7, 11) is -2.20. The van der Waals surface area contributed by atoms with Crippen LogP contribution in [0.5, 0.6) is 0 Å². The minimum Gasteiger partial charge on any atom is -0.362 e. The summed E-state index contributed by atoms with van der Waals surface area (Å²) in [6, 6.07) is 22.4. The monoisotopic (exact) mass is 600 g/mol. The van der Waals surface area contributed by atoms with Gasteiger partial charge >= 0.3 is 0 Å². The van der Waals surface area contributed by atoms with E-state index < -0.39 is 10.0 Å². The largest absolute Gasteiger partial charge is 0.362 e. The molecule has 0 saturated carbocycles. The second-order valence-corrected chi connectivity index (χ2v) is 9.61. The zero-order valence-electron chi connectivity index (χ0n) is 21.6. The quantitative estimate of drug-likeness (QED) is 0.181. The molecule has 0 spiro atoms. The van der Waals surface area contributed by atoms with E-state index in [0.29, 0.717) is 12.0 Å². The fourth-order valence-electron chi connectivity index (χ4n) is 2.84. The Bertz CT molecular complexity index is 1310. The number of sulfonamides is 1. The number of nitrogens with two attached hydrogens (primary N) is 1. The molecule has 0 bridgehead atoms. The number of carbonyl (C=O) groups excluding carboxylic acids is 2. The van der Waals surface area contributed by atoms with Crippen LogP contribution < -0.4 is 15.8 Å². The number of primary sulfonamides is 1. The molecule has 4 N–H and O–H groups in total. The lowest BCUT2D eigenvalue weighted by molar-refractivity contribution is -0.109. The number of benzene rings is 3. The van der Waals surface area contributed by atoms with E-state index in [2.05, 4.69) is 38.3 Å². The van der Waals surface area contributed by atoms with Gasteiger partial charge in [-0.25, -0.2) is 13.6 Å². The number of allylic oxidation sites excluding steroid dienone is 3. The molecule has 0 unspecified atom stereocenters. The number of hydrogen-bond acceptors (Lipinski definition) is 6. The van der Waals surface area contributed by atoms with Crippen molar-refractivity contribution in [3.8, 4) is 11.1 Å². The van der Waals surface area contributed by atoms with Gasteiger partial charge in [-0.05, 0) is 71.9 Å². The standard InChI is InChI=1S/C19H18N2O2S.C6H8BrN.C2H5NO.CH2O/c1-14-6-2-4-8-18(14)21-16-12-10-15(11-13-16)17-7-3-5-9-19(17)24(20,22)23;1-3-4-6(7)5-8-2;1-3-2-4;1-2/h2-13,21H,1H3,(H2,20,22,23);3-5H,2H2,1H3;2H,1H3,(H,3,4);1H2/b;4-3-,6-5+;;. The van der Waals surface area contributed by atoms with Crippen LogP contribution in [-0.2, 0) is 19.6 Å². The summed E-state index contributed by atoms with van der Waals surface area (Å²) >= 11 is 3.24. The Morgan fingerprint density at radius 1 is 1.00 bits per heavy atom. The van der Waals surface area contributed by atoms with Crippen molar-refractivity contribution in [2.45, 2.75) is 18.7 Å². The minimum absolute atomic E-state index is 0.129. The van der Waals surface area contributed by atoms with E-state index in [1.165, 1.54) is 6.07 Å². The molecule has 0 aliphatic rings. The van der Waals surface area contributed by atoms with Crippen LogP contribution in [-0.4, -0.2) is 35.4 Å². The van der Waals surface area contributed by atoms with Gasteiger partial charge in [0.2, 0.25) is 16.4 Å². The van der Waals surface area contributed by atoms with Crippen LogP contribution in [0.15, 0.2) is 106 Å². The Morgan fingerprint density at radius 3 is 2.05 bits per heavy atom. The molecule has 3 aromatic rings. The predicted octanol–water partition coefficient (Wildman–Crippen LogP) is 5.73. The number of nitrogens with one attached hydrogen (secondary N) is 2. The normalized spacial score (nSPS) is 10.4. The van der Waals surface area contributed by atoms with Crippen LogP contribution in [0, 0.1) is 6.92 Å². The lowest BCUT2D eigenvalue weighted by atomic mass is 10.1. The third kappa shape index (κ3) is 12.9. The van der Waals surface area contributed by atoms with Crippen molar-refractivity contribution in [3.05, 3.63) is 101 Å². The van der Waals surface area contributed by atoms with Crippen LogP contribution >= 0.6 is 15.9 Å². The van der Waals surface area contributed by atoms with Gasteiger partial charge in [-0.1, -0.05) is 60.7 Å². The average Bonchev–Trinajstić information content (AvgIpc) is 2.92. The number of hydrogen-bond donors (Lipinski definition) is 3. The average molecular weight is 602 g/mol. The van der Waals surface area contributed by atoms with Crippen LogP contribution in [0.1, 0.15) is 12.5 Å². The molecule has 3 aromatic carbocycles. The second kappa shape index (κ2) is 19.3. The molecule has 8 nitrogen and oxygen atoms in total. The molecule has 0 atom stereocenters. The van der Waals surface area contributed by atoms with Crippen molar-refractivity contribution in [2.24, 2.45) is 10.1 Å². The minimum atomic E-state index is -3.76. The fraction of sp³-hybridized carbons (Fsp3) is 0.107. The van der Waals surface area contributed by atoms with E-state index in [1.807, 2.05) is 81.3 Å². The molecule has 3 rings (SSSR count). The second-order valence-electron chi connectivity index (χ2n) is 7.16. The molecule has 38 heavy (non-hydrogen) atoms. The molecule has 10 heteroatoms. The van der Waals surface area contributed by atoms with Crippen molar-refractivity contribution < 1.29 is 18.0 Å². The first-order valence-corrected chi connectivity index (χ1v) is 13.4. The topological polar surface area (TPSA) is 131 Å². The Hall–Kier alpha value is -3.86. The van der Waals surface area contributed by atoms with Gasteiger partial charge in [0, 0.05) is 34.7 Å². The van der Waals surface area contributed by atoms with E-state index in [0.717, 1.165) is 27.0 Å². The maximum absolute atomic E-state index is 11.7. The number of rotatable bonds is 7. The van der Waals surface area contributed by atoms with Crippen LogP contribution in [0.25, 0.3) is 11.1 Å². The molecule has 202 valence electrons. The number of para-hydroxylation sites is 1. The fourth-order valence-corrected chi connectivity index (χ4v) is 4.01. The molecule has 0 heterocycles. The first-order valence-electron chi connectivity index (χ1n) is 11.1. The summed E-state index contributed by atoms with van der Waals surface area (Å²) in [5, 5.41) is 10.9. The number of nitrogens with zero attached hydrogens (tertiary/aromatic N) is 1. The highest BCUT2D eigenvalue weighted by Crippen LogP contribution is 2.28. The summed E-state index contributed by atoms with van der Waals surface area (Å²) in [5.41, 5.74) is 4.52. The van der Waals surface area contributed by atoms with Crippen LogP contribution in [0.4, 0.5) is 11.4 Å². The number of amides is 1. The van der Waals surface area contributed by atoms with Crippen LogP contribution in [0.2, 0.25) is 0 Å². The number of anilines is 2. The summed E-state index contributed by atoms with van der Waals surface area (Å²) in [6.07, 6.45) is 6.08. The molecule has 1 amide bonds. The number of carbonyl (C=O) groups is 2. The summed E-state index contributed by atoms with van der Waals surface area (Å²) < 4.78 is 24.4. The smallest absolute Gasteiger partial charge is 0.238 e. The van der Waals surface area contributed by atoms with E-state index in [9.17, 15) is 8.42 Å². The van der Waals surface area contributed by atoms with Crippen molar-refractivity contribution in [2.75, 3.05) is 12.4 Å². The predicted molar refractivity (Wildman–Crippen MR) is 161 cm³/mol. The van der Waals surface area contributed by atoms with Gasteiger partial charge < -0.3 is 15.4 Å². The molecule has 0 radical (unpaired) electrons. The SMILES string of the molecule is C=N/C=C(Br)\C=C/C.C=O.CNC=O.Cc1ccccc1Nc1ccc(-c2ccccc2S(N)(=O)=O)cc1. The lowest BCUT2D eigenvalue weighted by Crippen LogP contribution is -2.13. The first-order chi connectivity index (χ1) is 18.2. The first kappa shape index (κ1) is 34.1. The van der Waals surface area contributed by atoms with E-state index in [4.69, 9.17) is 14.7 Å². The molecule has 0 saturated heterocycles. The Morgan fingerprint density at radius 2 is 1.55 bits per heavy atom. The van der Waals surface area contributed by atoms with Crippen molar-refractivity contribution in [3.63, 3.8) is 0 Å². The Balaban J connectivity index is 0.000000816. The summed E-state index contributed by atoms with van der Waals surface area (Å²) in [6.45, 7) is 9.28. The molecular weight excluding hydrogens is 568 g/mol. The van der Waals surface area contributed by atoms with Crippen molar-refractivity contribution >= 4 is 57.2 Å². The molecule has 0 aromatic heterocycles. The maximum atomic E-state index is 11.7. The highest BCUT2D eigenvalue weighted by molar-refractivity contribution is 9.11. The van der Waals surface area contributed by atoms with E-state index in [1.54, 1.807) is 31.4 Å². The molecule has 0 aliphatic carbocycles. The van der Waals surface area contributed by atoms with Gasteiger partial charge in [0.1, 0.15) is 6.79 Å². The van der Waals surface area contributed by atoms with E-state index >= 15 is 0 Å². The van der Waals surface area contributed by atoms with Gasteiger partial charge in [-0.2, -0.15) is 0 Å². The maximum Gasteiger partial charge on any atom is 0.238 e. The third-order valence-corrected chi connectivity index (χ3v) is 5.91. The van der Waals surface area contributed by atoms with Crippen molar-refractivity contribution in [1.29, 1.82) is 0 Å². The number of aryl methyl sites for hydroxylation is 1. The van der Waals surface area contributed by atoms with Gasteiger partial charge in [-0.3, -0.25) is 9.79 Å². The molecule has 0 aliphatic heterocycles. The Labute approximate surface area is 233 Å². The number of halogens is 1. The summed E-state index contributed by atoms with van der Waals surface area (Å²) in [4.78, 5) is 20.7. The van der Waals surface area contributed by atoms with Crippen LogP contribution in [0.3, 0.4) is 0 Å². The highest BCUT2D eigenvalue weighted by Gasteiger charge is 2.14. The lowest BCUT2D eigenvalue weighted by Gasteiger charge is -2.11. The van der Waals surface area contributed by atoms with Crippen molar-refractivity contribution in [1.82, 2.24) is 5.32 Å². The van der Waals surface area contributed by atoms with Gasteiger partial charge in [-0.15, -0.1) is 0 Å². The Kier molecular flexibility index (Phi) is 17.3. The van der Waals surface area contributed by atoms with Gasteiger partial charge in [0.15, 0.2) is 0 Å². The van der Waals surface area contributed by atoms with Gasteiger partial charge in [0.25, 0.3) is 0 Å². The molecular formula is C28H33BrN4O4S. The zero-order valence-corrected chi connectivity index (χ0v) is 24.0. The molecule has 0 fully saturated rings. The van der Waals surface area contributed by atoms with E-state index in [-0.39, 0.29) is 4.90 Å². The highest BCUT2D eigenvalue weighted by atomic mass is 79.9. The third-order valence-electron chi connectivity index (χ3n) is 4.47. The summed E-state index contributed by atoms with van der Waals surface area (Å²) in [5.74, 6) is 0. The van der Waals surface area contributed by atoms with Gasteiger partial charge in [0.05, 0.1) is 4.90 Å².